The summed E-state index contributed by atoms with van der Waals surface area (Å²) in [5, 5.41) is 11.7. The molecule has 1 heterocycles. The molecule has 0 aromatic heterocycles. The van der Waals surface area contributed by atoms with Crippen LogP contribution >= 0.6 is 0 Å². The molecule has 1 amide bonds. The van der Waals surface area contributed by atoms with Crippen LogP contribution in [0, 0.1) is 5.92 Å². The molecule has 5 heteroatoms. The smallest absolute Gasteiger partial charge is 0.332 e. The van der Waals surface area contributed by atoms with E-state index in [2.05, 4.69) is 5.32 Å². The minimum atomic E-state index is -0.891. The van der Waals surface area contributed by atoms with E-state index in [0.717, 1.165) is 6.54 Å². The van der Waals surface area contributed by atoms with Crippen molar-refractivity contribution in [2.75, 3.05) is 26.2 Å². The Morgan fingerprint density at radius 3 is 2.82 bits per heavy atom. The number of nitrogens with zero attached hydrogens (tertiary/aromatic N) is 1. The van der Waals surface area contributed by atoms with Gasteiger partial charge in [-0.3, -0.25) is 9.69 Å². The van der Waals surface area contributed by atoms with Crippen molar-refractivity contribution in [2.45, 2.75) is 20.3 Å². The lowest BCUT2D eigenvalue weighted by atomic mass is 10.1. The van der Waals surface area contributed by atoms with Crippen LogP contribution in [0.1, 0.15) is 20.3 Å². The van der Waals surface area contributed by atoms with Gasteiger partial charge in [-0.1, -0.05) is 19.9 Å². The summed E-state index contributed by atoms with van der Waals surface area (Å²) in [5.41, 5.74) is 0.382. The van der Waals surface area contributed by atoms with Crippen LogP contribution in [0.5, 0.6) is 0 Å². The molecule has 1 aliphatic rings. The molecule has 1 aliphatic heterocycles. The number of carboxylic acids is 1. The number of rotatable bonds is 5. The number of amides is 1. The molecule has 0 unspecified atom stereocenters. The van der Waals surface area contributed by atoms with Crippen molar-refractivity contribution in [1.82, 2.24) is 10.2 Å². The van der Waals surface area contributed by atoms with Crippen LogP contribution in [-0.4, -0.2) is 48.1 Å². The first-order chi connectivity index (χ1) is 7.99. The van der Waals surface area contributed by atoms with Crippen LogP contribution in [0.4, 0.5) is 0 Å². The number of carboxylic acid groups (broad SMARTS) is 1. The second-order valence-corrected chi connectivity index (χ2v) is 4.73. The van der Waals surface area contributed by atoms with Crippen molar-refractivity contribution >= 4 is 11.9 Å². The second-order valence-electron chi connectivity index (χ2n) is 4.73. The Bertz CT molecular complexity index is 324. The Hall–Kier alpha value is -1.36. The van der Waals surface area contributed by atoms with Gasteiger partial charge in [0.1, 0.15) is 0 Å². The molecule has 0 atom stereocenters. The number of hydrogen-bond acceptors (Lipinski definition) is 3. The van der Waals surface area contributed by atoms with Crippen molar-refractivity contribution in [3.63, 3.8) is 0 Å². The van der Waals surface area contributed by atoms with E-state index in [1.807, 2.05) is 18.7 Å². The number of hydrogen-bond donors (Lipinski definition) is 2. The first-order valence-electron chi connectivity index (χ1n) is 5.90. The molecule has 2 N–H and O–H groups in total. The lowest BCUT2D eigenvalue weighted by Crippen LogP contribution is -2.41. The third-order valence-electron chi connectivity index (χ3n) is 2.58. The highest BCUT2D eigenvalue weighted by Gasteiger charge is 2.19. The molecule has 0 fully saturated rings. The van der Waals surface area contributed by atoms with Gasteiger partial charge < -0.3 is 10.4 Å². The Morgan fingerprint density at radius 1 is 1.53 bits per heavy atom. The molecular weight excluding hydrogens is 220 g/mol. The summed E-state index contributed by atoms with van der Waals surface area (Å²) >= 11 is 0. The molecule has 0 aromatic carbocycles. The molecule has 0 radical (unpaired) electrons. The van der Waals surface area contributed by atoms with E-state index in [9.17, 15) is 9.59 Å². The van der Waals surface area contributed by atoms with Crippen LogP contribution in [0.3, 0.4) is 0 Å². The monoisotopic (exact) mass is 240 g/mol. The summed E-state index contributed by atoms with van der Waals surface area (Å²) < 4.78 is 0. The van der Waals surface area contributed by atoms with Crippen LogP contribution in [0.15, 0.2) is 11.6 Å². The van der Waals surface area contributed by atoms with E-state index >= 15 is 0 Å². The van der Waals surface area contributed by atoms with E-state index < -0.39 is 5.97 Å². The summed E-state index contributed by atoms with van der Waals surface area (Å²) in [6.07, 6.45) is 2.42. The van der Waals surface area contributed by atoms with Crippen molar-refractivity contribution in [3.05, 3.63) is 11.6 Å². The predicted octanol–water partition coefficient (Wildman–Crippen LogP) is 0.475. The normalized spacial score (nSPS) is 16.8. The molecule has 1 rings (SSSR count). The van der Waals surface area contributed by atoms with Crippen LogP contribution in [0.25, 0.3) is 0 Å². The van der Waals surface area contributed by atoms with Gasteiger partial charge in [0.05, 0.1) is 6.54 Å². The molecule has 0 saturated heterocycles. The summed E-state index contributed by atoms with van der Waals surface area (Å²) in [5.74, 6) is -0.502. The van der Waals surface area contributed by atoms with Gasteiger partial charge in [-0.2, -0.15) is 0 Å². The van der Waals surface area contributed by atoms with Gasteiger partial charge in [-0.15, -0.1) is 0 Å². The molecular formula is C12H20N2O3. The largest absolute Gasteiger partial charge is 0.478 e. The molecule has 0 bridgehead atoms. The maximum Gasteiger partial charge on any atom is 0.332 e. The van der Waals surface area contributed by atoms with Crippen molar-refractivity contribution in [1.29, 1.82) is 0 Å². The third kappa shape index (κ3) is 4.99. The molecule has 0 aromatic rings. The van der Waals surface area contributed by atoms with Crippen molar-refractivity contribution < 1.29 is 14.7 Å². The lowest BCUT2D eigenvalue weighted by Gasteiger charge is -2.25. The molecule has 96 valence electrons. The minimum Gasteiger partial charge on any atom is -0.478 e. The van der Waals surface area contributed by atoms with E-state index in [-0.39, 0.29) is 12.5 Å². The van der Waals surface area contributed by atoms with Crippen LogP contribution in [-0.2, 0) is 9.59 Å². The number of aliphatic carboxylic acids is 1. The Labute approximate surface area is 101 Å². The maximum absolute atomic E-state index is 11.6. The molecule has 5 nitrogen and oxygen atoms in total. The number of carbonyl (C=O) groups is 2. The van der Waals surface area contributed by atoms with E-state index in [0.29, 0.717) is 31.0 Å². The highest BCUT2D eigenvalue weighted by molar-refractivity contribution is 5.87. The Morgan fingerprint density at radius 2 is 2.24 bits per heavy atom. The molecule has 0 aliphatic carbocycles. The standard InChI is InChI=1S/C12H20N2O3/c1-9(2)6-13-11(15)8-14-5-3-4-10(7-14)12(16)17/h4,9H,3,5-8H2,1-2H3,(H,13,15)(H,16,17). The fourth-order valence-electron chi connectivity index (χ4n) is 1.67. The molecule has 0 saturated carbocycles. The van der Waals surface area contributed by atoms with Gasteiger partial charge in [0.25, 0.3) is 0 Å². The average molecular weight is 240 g/mol. The first kappa shape index (κ1) is 13.7. The van der Waals surface area contributed by atoms with Crippen molar-refractivity contribution in [3.8, 4) is 0 Å². The minimum absolute atomic E-state index is 0.0367. The van der Waals surface area contributed by atoms with E-state index in [4.69, 9.17) is 5.11 Å². The van der Waals surface area contributed by atoms with Crippen LogP contribution < -0.4 is 5.32 Å². The zero-order valence-electron chi connectivity index (χ0n) is 10.4. The number of nitrogens with one attached hydrogen (secondary N) is 1. The van der Waals surface area contributed by atoms with Gasteiger partial charge >= 0.3 is 5.97 Å². The quantitative estimate of drug-likeness (QED) is 0.733. The summed E-state index contributed by atoms with van der Waals surface area (Å²) in [7, 11) is 0. The maximum atomic E-state index is 11.6. The fraction of sp³-hybridized carbons (Fsp3) is 0.667. The van der Waals surface area contributed by atoms with Gasteiger partial charge in [-0.05, 0) is 12.3 Å². The predicted molar refractivity (Wildman–Crippen MR) is 64.6 cm³/mol. The molecule has 17 heavy (non-hydrogen) atoms. The molecule has 0 spiro atoms. The zero-order valence-corrected chi connectivity index (χ0v) is 10.4. The topological polar surface area (TPSA) is 69.6 Å². The second kappa shape index (κ2) is 6.39. The summed E-state index contributed by atoms with van der Waals surface area (Å²) in [4.78, 5) is 24.2. The van der Waals surface area contributed by atoms with Gasteiger partial charge in [0, 0.05) is 25.2 Å². The lowest BCUT2D eigenvalue weighted by molar-refractivity contribution is -0.133. The van der Waals surface area contributed by atoms with E-state index in [1.54, 1.807) is 6.08 Å². The summed E-state index contributed by atoms with van der Waals surface area (Å²) in [6.45, 7) is 6.10. The van der Waals surface area contributed by atoms with Gasteiger partial charge in [-0.25, -0.2) is 4.79 Å². The SMILES string of the molecule is CC(C)CNC(=O)CN1CCC=C(C(=O)O)C1. The zero-order chi connectivity index (χ0) is 12.8. The average Bonchev–Trinajstić information content (AvgIpc) is 2.26. The highest BCUT2D eigenvalue weighted by atomic mass is 16.4. The Balaban J connectivity index is 2.35. The highest BCUT2D eigenvalue weighted by Crippen LogP contribution is 2.09. The Kier molecular flexibility index (Phi) is 5.15. The fourth-order valence-corrected chi connectivity index (χ4v) is 1.67. The third-order valence-corrected chi connectivity index (χ3v) is 2.58. The van der Waals surface area contributed by atoms with E-state index in [1.165, 1.54) is 0 Å². The van der Waals surface area contributed by atoms with Gasteiger partial charge in [0.15, 0.2) is 0 Å². The summed E-state index contributed by atoms with van der Waals surface area (Å²) in [6, 6.07) is 0. The first-order valence-corrected chi connectivity index (χ1v) is 5.90. The van der Waals surface area contributed by atoms with Crippen LogP contribution in [0.2, 0.25) is 0 Å². The number of carbonyl (C=O) groups excluding carboxylic acids is 1. The van der Waals surface area contributed by atoms with Crippen molar-refractivity contribution in [2.24, 2.45) is 5.92 Å². The van der Waals surface area contributed by atoms with Gasteiger partial charge in [0.2, 0.25) is 5.91 Å².